The van der Waals surface area contributed by atoms with Gasteiger partial charge in [0.2, 0.25) is 0 Å². The fraction of sp³-hybridized carbons (Fsp3) is 0.412. The maximum atomic E-state index is 11.9. The molecule has 0 spiro atoms. The van der Waals surface area contributed by atoms with Gasteiger partial charge in [-0.3, -0.25) is 4.79 Å². The molecule has 0 amide bonds. The highest BCUT2D eigenvalue weighted by atomic mass is 16.5. The number of esters is 2. The lowest BCUT2D eigenvalue weighted by Crippen LogP contribution is -2.31. The molecule has 1 heterocycles. The van der Waals surface area contributed by atoms with Crippen LogP contribution < -0.4 is 5.32 Å². The van der Waals surface area contributed by atoms with Gasteiger partial charge in [-0.15, -0.1) is 0 Å². The van der Waals surface area contributed by atoms with Crippen molar-refractivity contribution in [2.24, 2.45) is 0 Å². The summed E-state index contributed by atoms with van der Waals surface area (Å²) in [5.41, 5.74) is 2.17. The van der Waals surface area contributed by atoms with Crippen molar-refractivity contribution in [3.05, 3.63) is 47.2 Å². The summed E-state index contributed by atoms with van der Waals surface area (Å²) in [5, 5.41) is 2.85. The van der Waals surface area contributed by atoms with Crippen LogP contribution in [0, 0.1) is 0 Å². The van der Waals surface area contributed by atoms with Crippen LogP contribution in [0.1, 0.15) is 18.4 Å². The molecule has 0 aliphatic carbocycles. The summed E-state index contributed by atoms with van der Waals surface area (Å²) in [5.74, 6) is -0.902. The van der Waals surface area contributed by atoms with Crippen molar-refractivity contribution >= 4 is 11.9 Å². The molecule has 6 nitrogen and oxygen atoms in total. The molecule has 1 aliphatic heterocycles. The van der Waals surface area contributed by atoms with Crippen LogP contribution in [0.2, 0.25) is 0 Å². The molecule has 23 heavy (non-hydrogen) atoms. The van der Waals surface area contributed by atoms with Crippen molar-refractivity contribution < 1.29 is 23.8 Å². The summed E-state index contributed by atoms with van der Waals surface area (Å²) < 4.78 is 15.2. The lowest BCUT2D eigenvalue weighted by atomic mass is 10.1. The maximum Gasteiger partial charge on any atom is 0.354 e. The molecule has 2 rings (SSSR count). The number of hydrogen-bond acceptors (Lipinski definition) is 6. The summed E-state index contributed by atoms with van der Waals surface area (Å²) in [6.45, 7) is 1.26. The van der Waals surface area contributed by atoms with Crippen LogP contribution in [0.25, 0.3) is 0 Å². The Morgan fingerprint density at radius 1 is 1.17 bits per heavy atom. The van der Waals surface area contributed by atoms with E-state index in [2.05, 4.69) is 5.32 Å². The van der Waals surface area contributed by atoms with Gasteiger partial charge in [0.1, 0.15) is 18.8 Å². The molecule has 0 aromatic heterocycles. The van der Waals surface area contributed by atoms with Crippen molar-refractivity contribution in [3.8, 4) is 0 Å². The van der Waals surface area contributed by atoms with E-state index in [4.69, 9.17) is 14.2 Å². The third kappa shape index (κ3) is 5.41. The third-order valence-electron chi connectivity index (χ3n) is 3.49. The molecule has 1 aromatic carbocycles. The number of rotatable bonds is 6. The minimum atomic E-state index is -0.474. The van der Waals surface area contributed by atoms with Crippen molar-refractivity contribution in [3.63, 3.8) is 0 Å². The number of methoxy groups -OCH3 is 1. The smallest absolute Gasteiger partial charge is 0.354 e. The molecule has 1 aliphatic rings. The highest BCUT2D eigenvalue weighted by molar-refractivity contribution is 5.89. The zero-order chi connectivity index (χ0) is 16.5. The van der Waals surface area contributed by atoms with Gasteiger partial charge in [-0.1, -0.05) is 30.3 Å². The summed E-state index contributed by atoms with van der Waals surface area (Å²) >= 11 is 0. The van der Waals surface area contributed by atoms with Crippen LogP contribution in [0.5, 0.6) is 0 Å². The van der Waals surface area contributed by atoms with Gasteiger partial charge in [0.05, 0.1) is 20.3 Å². The predicted octanol–water partition coefficient (Wildman–Crippen LogP) is 1.56. The zero-order valence-corrected chi connectivity index (χ0v) is 13.2. The fourth-order valence-corrected chi connectivity index (χ4v) is 2.26. The topological polar surface area (TPSA) is 73.9 Å². The number of carbonyl (C=O) groups excluding carboxylic acids is 2. The molecule has 0 atom stereocenters. The van der Waals surface area contributed by atoms with Crippen molar-refractivity contribution in [2.45, 2.75) is 19.4 Å². The number of hydrogen-bond donors (Lipinski definition) is 1. The minimum Gasteiger partial charge on any atom is -0.464 e. The number of ether oxygens (including phenoxy) is 3. The van der Waals surface area contributed by atoms with E-state index in [0.29, 0.717) is 31.8 Å². The van der Waals surface area contributed by atoms with E-state index < -0.39 is 11.9 Å². The van der Waals surface area contributed by atoms with E-state index in [1.165, 1.54) is 7.11 Å². The first-order valence-electron chi connectivity index (χ1n) is 7.52. The van der Waals surface area contributed by atoms with Gasteiger partial charge in [-0.25, -0.2) is 4.79 Å². The highest BCUT2D eigenvalue weighted by Gasteiger charge is 2.19. The monoisotopic (exact) mass is 319 g/mol. The van der Waals surface area contributed by atoms with E-state index in [-0.39, 0.29) is 13.2 Å². The van der Waals surface area contributed by atoms with Crippen molar-refractivity contribution in [1.82, 2.24) is 5.32 Å². The highest BCUT2D eigenvalue weighted by Crippen LogP contribution is 2.17. The Morgan fingerprint density at radius 3 is 2.52 bits per heavy atom. The lowest BCUT2D eigenvalue weighted by molar-refractivity contribution is -0.143. The molecule has 124 valence electrons. The van der Waals surface area contributed by atoms with Crippen LogP contribution in [0.3, 0.4) is 0 Å². The van der Waals surface area contributed by atoms with Gasteiger partial charge >= 0.3 is 11.9 Å². The molecule has 0 bridgehead atoms. The fourth-order valence-electron chi connectivity index (χ4n) is 2.26. The quantitative estimate of drug-likeness (QED) is 0.633. The number of benzene rings is 1. The Labute approximate surface area is 135 Å². The van der Waals surface area contributed by atoms with Crippen LogP contribution in [-0.4, -0.2) is 38.8 Å². The summed E-state index contributed by atoms with van der Waals surface area (Å²) in [7, 11) is 1.32. The third-order valence-corrected chi connectivity index (χ3v) is 3.49. The van der Waals surface area contributed by atoms with Crippen LogP contribution >= 0.6 is 0 Å². The standard InChI is InChI=1S/C17H21NO5/c1-21-17(20)16(14-7-9-22-10-8-14)18-11-15(19)23-12-13-5-3-2-4-6-13/h2-6,18H,7-12H2,1H3. The molecule has 0 saturated carbocycles. The molecule has 1 saturated heterocycles. The molecule has 1 aromatic rings. The van der Waals surface area contributed by atoms with Gasteiger partial charge in [0.25, 0.3) is 0 Å². The van der Waals surface area contributed by atoms with Gasteiger partial charge in [-0.05, 0) is 24.0 Å². The molecular formula is C17H21NO5. The first-order valence-corrected chi connectivity index (χ1v) is 7.52. The normalized spacial score (nSPS) is 14.0. The maximum absolute atomic E-state index is 11.9. The first kappa shape index (κ1) is 17.0. The van der Waals surface area contributed by atoms with Crippen molar-refractivity contribution in [1.29, 1.82) is 0 Å². The lowest BCUT2D eigenvalue weighted by Gasteiger charge is -2.19. The summed E-state index contributed by atoms with van der Waals surface area (Å²) in [6, 6.07) is 9.42. The average molecular weight is 319 g/mol. The largest absolute Gasteiger partial charge is 0.464 e. The Morgan fingerprint density at radius 2 is 1.87 bits per heavy atom. The Kier molecular flexibility index (Phi) is 6.62. The Bertz CT molecular complexity index is 560. The van der Waals surface area contributed by atoms with E-state index in [9.17, 15) is 9.59 Å². The van der Waals surface area contributed by atoms with E-state index in [1.807, 2.05) is 30.3 Å². The first-order chi connectivity index (χ1) is 11.2. The minimum absolute atomic E-state index is 0.0817. The van der Waals surface area contributed by atoms with Gasteiger partial charge in [0, 0.05) is 0 Å². The molecule has 0 radical (unpaired) electrons. The second kappa shape index (κ2) is 8.95. The van der Waals surface area contributed by atoms with Crippen LogP contribution in [-0.2, 0) is 30.4 Å². The molecular weight excluding hydrogens is 298 g/mol. The average Bonchev–Trinajstić information content (AvgIpc) is 2.61. The molecule has 6 heteroatoms. The number of nitrogens with one attached hydrogen (secondary N) is 1. The van der Waals surface area contributed by atoms with Crippen LogP contribution in [0.4, 0.5) is 0 Å². The SMILES string of the molecule is COC(=O)C(NCC(=O)OCc1ccccc1)=C1CCOCC1. The Balaban J connectivity index is 1.88. The zero-order valence-electron chi connectivity index (χ0n) is 13.2. The predicted molar refractivity (Wildman–Crippen MR) is 83.3 cm³/mol. The van der Waals surface area contributed by atoms with Gasteiger partial charge < -0.3 is 19.5 Å². The molecule has 1 fully saturated rings. The Hall–Kier alpha value is -2.34. The van der Waals surface area contributed by atoms with E-state index >= 15 is 0 Å². The second-order valence-corrected chi connectivity index (χ2v) is 5.08. The molecule has 1 N–H and O–H groups in total. The van der Waals surface area contributed by atoms with Gasteiger partial charge in [0.15, 0.2) is 0 Å². The summed E-state index contributed by atoms with van der Waals surface area (Å²) in [6.07, 6.45) is 1.30. The second-order valence-electron chi connectivity index (χ2n) is 5.08. The van der Waals surface area contributed by atoms with Gasteiger partial charge in [-0.2, -0.15) is 0 Å². The van der Waals surface area contributed by atoms with E-state index in [0.717, 1.165) is 11.1 Å². The van der Waals surface area contributed by atoms with Crippen molar-refractivity contribution in [2.75, 3.05) is 26.9 Å². The van der Waals surface area contributed by atoms with E-state index in [1.54, 1.807) is 0 Å². The number of carbonyl (C=O) groups is 2. The van der Waals surface area contributed by atoms with Crippen LogP contribution in [0.15, 0.2) is 41.6 Å². The molecule has 0 unspecified atom stereocenters. The summed E-state index contributed by atoms with van der Waals surface area (Å²) in [4.78, 5) is 23.7.